The second-order valence-electron chi connectivity index (χ2n) is 9.00. The minimum absolute atomic E-state index is 0.0720. The number of methoxy groups -OCH3 is 1. The molecule has 0 unspecified atom stereocenters. The van der Waals surface area contributed by atoms with Crippen molar-refractivity contribution >= 4 is 40.6 Å². The molecule has 194 valence electrons. The molecule has 3 amide bonds. The number of anilines is 1. The minimum Gasteiger partial charge on any atom is -0.497 e. The third kappa shape index (κ3) is 5.57. The molecule has 5 rings (SSSR count). The Morgan fingerprint density at radius 2 is 1.71 bits per heavy atom. The zero-order valence-corrected chi connectivity index (χ0v) is 21.6. The highest BCUT2D eigenvalue weighted by Crippen LogP contribution is 2.33. The van der Waals surface area contributed by atoms with Gasteiger partial charge in [0.2, 0.25) is 0 Å². The third-order valence-electron chi connectivity index (χ3n) is 6.54. The van der Waals surface area contributed by atoms with Gasteiger partial charge in [-0.3, -0.25) is 19.3 Å². The van der Waals surface area contributed by atoms with Crippen LogP contribution in [0.15, 0.2) is 77.7 Å². The van der Waals surface area contributed by atoms with Gasteiger partial charge in [0.1, 0.15) is 11.6 Å². The standard InChI is InChI=1S/C29H26FN3O4S/c1-37-25-7-3-6-24(18-25)31-12-14-32(15-13-31)27(34)22-5-2-4-21(16-22)17-26-28(35)33(29(36)38-26)19-20-8-10-23(30)11-9-20/h2-11,16-18H,12-15,19H2,1H3. The number of nitrogens with zero attached hydrogens (tertiary/aromatic N) is 3. The van der Waals surface area contributed by atoms with E-state index < -0.39 is 5.91 Å². The van der Waals surface area contributed by atoms with Crippen LogP contribution in [0.1, 0.15) is 21.5 Å². The molecule has 0 aromatic heterocycles. The van der Waals surface area contributed by atoms with Crippen LogP contribution in [-0.2, 0) is 11.3 Å². The zero-order chi connectivity index (χ0) is 26.6. The first-order valence-corrected chi connectivity index (χ1v) is 13.0. The number of ether oxygens (including phenoxy) is 1. The summed E-state index contributed by atoms with van der Waals surface area (Å²) in [5.41, 5.74) is 2.91. The normalized spacial score (nSPS) is 16.9. The summed E-state index contributed by atoms with van der Waals surface area (Å²) in [6.45, 7) is 2.66. The molecule has 2 aliphatic rings. The van der Waals surface area contributed by atoms with Gasteiger partial charge in [0.15, 0.2) is 0 Å². The fourth-order valence-corrected chi connectivity index (χ4v) is 5.32. The maximum Gasteiger partial charge on any atom is 0.293 e. The maximum atomic E-state index is 13.2. The van der Waals surface area contributed by atoms with Gasteiger partial charge in [0, 0.05) is 43.5 Å². The Morgan fingerprint density at radius 1 is 0.974 bits per heavy atom. The Kier molecular flexibility index (Phi) is 7.46. The van der Waals surface area contributed by atoms with Crippen molar-refractivity contribution in [2.45, 2.75) is 6.54 Å². The van der Waals surface area contributed by atoms with Crippen LogP contribution in [0.2, 0.25) is 0 Å². The Bertz CT molecular complexity index is 1400. The Balaban J connectivity index is 1.24. The van der Waals surface area contributed by atoms with E-state index in [0.717, 1.165) is 28.1 Å². The first-order valence-electron chi connectivity index (χ1n) is 12.2. The van der Waals surface area contributed by atoms with Crippen molar-refractivity contribution in [3.63, 3.8) is 0 Å². The van der Waals surface area contributed by atoms with E-state index in [4.69, 9.17) is 4.74 Å². The maximum absolute atomic E-state index is 13.2. The monoisotopic (exact) mass is 531 g/mol. The molecule has 2 aliphatic heterocycles. The van der Waals surface area contributed by atoms with Gasteiger partial charge in [-0.1, -0.05) is 30.3 Å². The number of amides is 3. The topological polar surface area (TPSA) is 70.2 Å². The van der Waals surface area contributed by atoms with Crippen LogP contribution in [0.3, 0.4) is 0 Å². The van der Waals surface area contributed by atoms with Crippen LogP contribution in [0.4, 0.5) is 14.9 Å². The molecule has 7 nitrogen and oxygen atoms in total. The zero-order valence-electron chi connectivity index (χ0n) is 20.8. The molecule has 38 heavy (non-hydrogen) atoms. The van der Waals surface area contributed by atoms with Crippen molar-refractivity contribution in [1.82, 2.24) is 9.80 Å². The van der Waals surface area contributed by atoms with Crippen molar-refractivity contribution in [2.24, 2.45) is 0 Å². The number of benzene rings is 3. The van der Waals surface area contributed by atoms with E-state index in [1.807, 2.05) is 29.2 Å². The predicted molar refractivity (Wildman–Crippen MR) is 145 cm³/mol. The van der Waals surface area contributed by atoms with Gasteiger partial charge >= 0.3 is 0 Å². The average Bonchev–Trinajstić information content (AvgIpc) is 3.21. The smallest absolute Gasteiger partial charge is 0.293 e. The van der Waals surface area contributed by atoms with Gasteiger partial charge in [0.05, 0.1) is 18.6 Å². The highest BCUT2D eigenvalue weighted by atomic mass is 32.2. The van der Waals surface area contributed by atoms with Gasteiger partial charge in [-0.25, -0.2) is 4.39 Å². The van der Waals surface area contributed by atoms with E-state index >= 15 is 0 Å². The molecule has 3 aromatic carbocycles. The lowest BCUT2D eigenvalue weighted by molar-refractivity contribution is -0.123. The largest absolute Gasteiger partial charge is 0.497 e. The Labute approximate surface area is 224 Å². The van der Waals surface area contributed by atoms with Gasteiger partial charge < -0.3 is 14.5 Å². The molecule has 0 spiro atoms. The van der Waals surface area contributed by atoms with Gasteiger partial charge in [-0.05, 0) is 65.4 Å². The number of halogens is 1. The Hall–Kier alpha value is -4.11. The summed E-state index contributed by atoms with van der Waals surface area (Å²) in [5, 5.41) is -0.383. The summed E-state index contributed by atoms with van der Waals surface area (Å²) in [6, 6.07) is 20.6. The lowest BCUT2D eigenvalue weighted by Gasteiger charge is -2.36. The number of carbonyl (C=O) groups excluding carboxylic acids is 3. The summed E-state index contributed by atoms with van der Waals surface area (Å²) in [7, 11) is 1.64. The van der Waals surface area contributed by atoms with Crippen molar-refractivity contribution in [1.29, 1.82) is 0 Å². The lowest BCUT2D eigenvalue weighted by Crippen LogP contribution is -2.48. The van der Waals surface area contributed by atoms with E-state index in [1.165, 1.54) is 12.1 Å². The highest BCUT2D eigenvalue weighted by Gasteiger charge is 2.35. The second kappa shape index (κ2) is 11.1. The first-order chi connectivity index (χ1) is 18.4. The van der Waals surface area contributed by atoms with Crippen molar-refractivity contribution in [2.75, 3.05) is 38.2 Å². The molecule has 2 fully saturated rings. The van der Waals surface area contributed by atoms with E-state index in [1.54, 1.807) is 49.6 Å². The molecule has 2 saturated heterocycles. The van der Waals surface area contributed by atoms with E-state index in [0.29, 0.717) is 42.9 Å². The highest BCUT2D eigenvalue weighted by molar-refractivity contribution is 8.18. The number of carbonyl (C=O) groups is 3. The predicted octanol–water partition coefficient (Wildman–Crippen LogP) is 5.03. The minimum atomic E-state index is -0.408. The number of thioether (sulfide) groups is 1. The van der Waals surface area contributed by atoms with Crippen LogP contribution in [-0.4, -0.2) is 60.1 Å². The number of hydrogen-bond donors (Lipinski definition) is 0. The average molecular weight is 532 g/mol. The molecule has 0 bridgehead atoms. The van der Waals surface area contributed by atoms with Crippen LogP contribution >= 0.6 is 11.8 Å². The van der Waals surface area contributed by atoms with E-state index in [-0.39, 0.29) is 28.4 Å². The summed E-state index contributed by atoms with van der Waals surface area (Å²) in [4.78, 5) is 44.1. The lowest BCUT2D eigenvalue weighted by atomic mass is 10.1. The SMILES string of the molecule is COc1cccc(N2CCN(C(=O)c3cccc(C=C4SC(=O)N(Cc5ccc(F)cc5)C4=O)c3)CC2)c1. The van der Waals surface area contributed by atoms with Crippen molar-refractivity contribution < 1.29 is 23.5 Å². The van der Waals surface area contributed by atoms with E-state index in [2.05, 4.69) is 4.90 Å². The molecular weight excluding hydrogens is 505 g/mol. The van der Waals surface area contributed by atoms with Crippen molar-refractivity contribution in [3.05, 3.63) is 100 Å². The first kappa shape index (κ1) is 25.5. The molecule has 3 aromatic rings. The molecule has 0 atom stereocenters. The van der Waals surface area contributed by atoms with Crippen LogP contribution in [0, 0.1) is 5.82 Å². The van der Waals surface area contributed by atoms with Crippen LogP contribution in [0.5, 0.6) is 5.75 Å². The number of hydrogen-bond acceptors (Lipinski definition) is 6. The molecule has 0 aliphatic carbocycles. The second-order valence-corrected chi connectivity index (χ2v) is 9.99. The summed E-state index contributed by atoms with van der Waals surface area (Å²) < 4.78 is 18.5. The third-order valence-corrected chi connectivity index (χ3v) is 7.45. The fourth-order valence-electron chi connectivity index (χ4n) is 4.48. The van der Waals surface area contributed by atoms with Gasteiger partial charge in [0.25, 0.3) is 17.1 Å². The molecule has 0 saturated carbocycles. The molecule has 9 heteroatoms. The number of piperazine rings is 1. The molecule has 0 radical (unpaired) electrons. The summed E-state index contributed by atoms with van der Waals surface area (Å²) >= 11 is 0.857. The number of imide groups is 1. The van der Waals surface area contributed by atoms with Gasteiger partial charge in [-0.2, -0.15) is 0 Å². The molecule has 2 heterocycles. The molecule has 0 N–H and O–H groups in total. The van der Waals surface area contributed by atoms with Crippen molar-refractivity contribution in [3.8, 4) is 5.75 Å². The van der Waals surface area contributed by atoms with Gasteiger partial charge in [-0.15, -0.1) is 0 Å². The number of rotatable bonds is 6. The Morgan fingerprint density at radius 3 is 2.45 bits per heavy atom. The van der Waals surface area contributed by atoms with Crippen LogP contribution < -0.4 is 9.64 Å². The summed E-state index contributed by atoms with van der Waals surface area (Å²) in [6.07, 6.45) is 1.63. The molecular formula is C29H26FN3O4S. The quantitative estimate of drug-likeness (QED) is 0.416. The summed E-state index contributed by atoms with van der Waals surface area (Å²) in [5.74, 6) is -0.0632. The van der Waals surface area contributed by atoms with Crippen LogP contribution in [0.25, 0.3) is 6.08 Å². The fraction of sp³-hybridized carbons (Fsp3) is 0.207. The van der Waals surface area contributed by atoms with E-state index in [9.17, 15) is 18.8 Å².